The van der Waals surface area contributed by atoms with Gasteiger partial charge in [0.1, 0.15) is 0 Å². The second-order valence-corrected chi connectivity index (χ2v) is 5.56. The van der Waals surface area contributed by atoms with Gasteiger partial charge < -0.3 is 19.7 Å². The normalized spacial score (nSPS) is 14.0. The first-order chi connectivity index (χ1) is 12.0. The molecule has 8 heteroatoms. The van der Waals surface area contributed by atoms with Gasteiger partial charge in [-0.1, -0.05) is 0 Å². The van der Waals surface area contributed by atoms with Crippen LogP contribution in [0.25, 0.3) is 0 Å². The van der Waals surface area contributed by atoms with Crippen LogP contribution in [0.15, 0.2) is 18.2 Å². The monoisotopic (exact) mass is 348 g/mol. The molecule has 2 amide bonds. The number of rotatable bonds is 5. The summed E-state index contributed by atoms with van der Waals surface area (Å²) in [7, 11) is 2.45. The van der Waals surface area contributed by atoms with Crippen LogP contribution >= 0.6 is 0 Å². The summed E-state index contributed by atoms with van der Waals surface area (Å²) >= 11 is 0. The highest BCUT2D eigenvalue weighted by Crippen LogP contribution is 2.20. The number of esters is 2. The molecule has 0 bridgehead atoms. The van der Waals surface area contributed by atoms with Gasteiger partial charge in [-0.15, -0.1) is 0 Å². The van der Waals surface area contributed by atoms with Crippen LogP contribution in [0.1, 0.15) is 40.0 Å². The van der Waals surface area contributed by atoms with Crippen molar-refractivity contribution in [2.75, 3.05) is 32.6 Å². The zero-order chi connectivity index (χ0) is 18.4. The molecule has 25 heavy (non-hydrogen) atoms. The van der Waals surface area contributed by atoms with Crippen LogP contribution < -0.4 is 5.32 Å². The minimum Gasteiger partial charge on any atom is -0.465 e. The molecule has 1 aromatic carbocycles. The minimum absolute atomic E-state index is 0.0714. The molecule has 134 valence electrons. The smallest absolute Gasteiger partial charge is 0.339 e. The first kappa shape index (κ1) is 18.4. The average Bonchev–Trinajstić information content (AvgIpc) is 2.62. The van der Waals surface area contributed by atoms with Crippen molar-refractivity contribution in [2.24, 2.45) is 0 Å². The van der Waals surface area contributed by atoms with E-state index in [4.69, 9.17) is 0 Å². The predicted octanol–water partition coefficient (Wildman–Crippen LogP) is 1.21. The number of nitrogens with zero attached hydrogens (tertiary/aromatic N) is 1. The first-order valence-electron chi connectivity index (χ1n) is 7.84. The molecule has 1 saturated heterocycles. The molecule has 1 aromatic rings. The van der Waals surface area contributed by atoms with Gasteiger partial charge in [0.25, 0.3) is 0 Å². The van der Waals surface area contributed by atoms with Crippen LogP contribution in [0.4, 0.5) is 5.69 Å². The van der Waals surface area contributed by atoms with Crippen molar-refractivity contribution < 1.29 is 28.7 Å². The van der Waals surface area contributed by atoms with E-state index >= 15 is 0 Å². The van der Waals surface area contributed by atoms with Crippen LogP contribution in [-0.2, 0) is 19.1 Å². The number of carbonyl (C=O) groups is 4. The fourth-order valence-electron chi connectivity index (χ4n) is 2.57. The van der Waals surface area contributed by atoms with E-state index in [-0.39, 0.29) is 29.3 Å². The number of ether oxygens (including phenoxy) is 2. The summed E-state index contributed by atoms with van der Waals surface area (Å²) < 4.78 is 9.32. The second-order valence-electron chi connectivity index (χ2n) is 5.56. The Labute approximate surface area is 145 Å². The molecular formula is C17H20N2O6. The summed E-state index contributed by atoms with van der Waals surface area (Å²) in [6.45, 7) is 0.417. The van der Waals surface area contributed by atoms with Crippen molar-refractivity contribution in [1.82, 2.24) is 4.90 Å². The van der Waals surface area contributed by atoms with Crippen LogP contribution in [-0.4, -0.2) is 56.0 Å². The molecule has 0 radical (unpaired) electrons. The highest BCUT2D eigenvalue weighted by atomic mass is 16.5. The molecule has 0 unspecified atom stereocenters. The van der Waals surface area contributed by atoms with E-state index in [0.29, 0.717) is 13.0 Å². The van der Waals surface area contributed by atoms with E-state index in [1.807, 2.05) is 0 Å². The summed E-state index contributed by atoms with van der Waals surface area (Å²) in [5, 5.41) is 2.57. The molecule has 2 rings (SSSR count). The molecule has 1 aliphatic heterocycles. The zero-order valence-corrected chi connectivity index (χ0v) is 14.2. The molecule has 1 N–H and O–H groups in total. The van der Waals surface area contributed by atoms with E-state index in [0.717, 1.165) is 12.8 Å². The molecule has 0 aromatic heterocycles. The average molecular weight is 348 g/mol. The van der Waals surface area contributed by atoms with Crippen molar-refractivity contribution in [3.05, 3.63) is 29.3 Å². The van der Waals surface area contributed by atoms with Crippen molar-refractivity contribution in [3.8, 4) is 0 Å². The number of piperidine rings is 1. The van der Waals surface area contributed by atoms with Gasteiger partial charge in [0.2, 0.25) is 11.8 Å². The maximum atomic E-state index is 12.3. The van der Waals surface area contributed by atoms with Gasteiger partial charge in [-0.3, -0.25) is 9.59 Å². The highest BCUT2D eigenvalue weighted by Gasteiger charge is 2.22. The number of anilines is 1. The van der Waals surface area contributed by atoms with Crippen LogP contribution in [0.2, 0.25) is 0 Å². The Morgan fingerprint density at radius 1 is 1.12 bits per heavy atom. The molecule has 0 aliphatic carbocycles. The third-order valence-corrected chi connectivity index (χ3v) is 3.88. The Balaban J connectivity index is 2.19. The number of nitrogens with one attached hydrogen (secondary N) is 1. The predicted molar refractivity (Wildman–Crippen MR) is 88.2 cm³/mol. The lowest BCUT2D eigenvalue weighted by atomic mass is 10.1. The minimum atomic E-state index is -0.652. The molecule has 0 spiro atoms. The van der Waals surface area contributed by atoms with E-state index in [1.165, 1.54) is 37.3 Å². The van der Waals surface area contributed by atoms with E-state index < -0.39 is 17.8 Å². The van der Waals surface area contributed by atoms with Crippen LogP contribution in [0.5, 0.6) is 0 Å². The maximum absolute atomic E-state index is 12.3. The Bertz CT molecular complexity index is 700. The van der Waals surface area contributed by atoms with Crippen LogP contribution in [0, 0.1) is 0 Å². The number of likely N-dealkylation sites (tertiary alicyclic amines) is 1. The summed E-state index contributed by atoms with van der Waals surface area (Å²) in [5.41, 5.74) is 0.414. The topological polar surface area (TPSA) is 102 Å². The molecule has 8 nitrogen and oxygen atoms in total. The maximum Gasteiger partial charge on any atom is 0.339 e. The Hall–Kier alpha value is -2.90. The van der Waals surface area contributed by atoms with Gasteiger partial charge in [0.05, 0.1) is 37.6 Å². The third-order valence-electron chi connectivity index (χ3n) is 3.88. The standard InChI is InChI=1S/C17H20N2O6/c1-24-16(22)11-6-7-12(17(23)25-2)13(9-11)18-14(20)10-19-8-4-3-5-15(19)21/h6-7,9H,3-5,8,10H2,1-2H3,(H,18,20). The van der Waals surface area contributed by atoms with Gasteiger partial charge in [0, 0.05) is 13.0 Å². The number of methoxy groups -OCH3 is 2. The van der Waals surface area contributed by atoms with E-state index in [2.05, 4.69) is 14.8 Å². The molecule has 1 heterocycles. The quantitative estimate of drug-likeness (QED) is 0.803. The number of carbonyl (C=O) groups excluding carboxylic acids is 4. The van der Waals surface area contributed by atoms with E-state index in [1.54, 1.807) is 0 Å². The summed E-state index contributed by atoms with van der Waals surface area (Å²) in [6, 6.07) is 4.12. The Kier molecular flexibility index (Phi) is 6.10. The molecule has 1 fully saturated rings. The van der Waals surface area contributed by atoms with Crippen molar-refractivity contribution in [2.45, 2.75) is 19.3 Å². The molecule has 0 saturated carbocycles. The lowest BCUT2D eigenvalue weighted by Gasteiger charge is -2.26. The first-order valence-corrected chi connectivity index (χ1v) is 7.84. The van der Waals surface area contributed by atoms with Crippen LogP contribution in [0.3, 0.4) is 0 Å². The number of benzene rings is 1. The van der Waals surface area contributed by atoms with Gasteiger partial charge in [-0.05, 0) is 31.0 Å². The van der Waals surface area contributed by atoms with Crippen molar-refractivity contribution >= 4 is 29.4 Å². The van der Waals surface area contributed by atoms with Gasteiger partial charge in [0.15, 0.2) is 0 Å². The number of hydrogen-bond donors (Lipinski definition) is 1. The number of hydrogen-bond acceptors (Lipinski definition) is 6. The zero-order valence-electron chi connectivity index (χ0n) is 14.2. The SMILES string of the molecule is COC(=O)c1ccc(C(=O)OC)c(NC(=O)CN2CCCCC2=O)c1. The fraction of sp³-hybridized carbons (Fsp3) is 0.412. The molecule has 1 aliphatic rings. The lowest BCUT2D eigenvalue weighted by Crippen LogP contribution is -2.40. The Morgan fingerprint density at radius 2 is 1.84 bits per heavy atom. The Morgan fingerprint density at radius 3 is 2.48 bits per heavy atom. The van der Waals surface area contributed by atoms with Gasteiger partial charge in [-0.25, -0.2) is 9.59 Å². The fourth-order valence-corrected chi connectivity index (χ4v) is 2.57. The molecule has 0 atom stereocenters. The second kappa shape index (κ2) is 8.27. The van der Waals surface area contributed by atoms with Crippen molar-refractivity contribution in [1.29, 1.82) is 0 Å². The lowest BCUT2D eigenvalue weighted by molar-refractivity contribution is -0.136. The highest BCUT2D eigenvalue weighted by molar-refractivity contribution is 6.04. The third kappa shape index (κ3) is 4.56. The largest absolute Gasteiger partial charge is 0.465 e. The van der Waals surface area contributed by atoms with Crippen molar-refractivity contribution in [3.63, 3.8) is 0 Å². The summed E-state index contributed by atoms with van der Waals surface area (Å²) in [4.78, 5) is 49.0. The summed E-state index contributed by atoms with van der Waals surface area (Å²) in [5.74, 6) is -1.78. The van der Waals surface area contributed by atoms with E-state index in [9.17, 15) is 19.2 Å². The molecular weight excluding hydrogens is 328 g/mol. The van der Waals surface area contributed by atoms with Gasteiger partial charge in [-0.2, -0.15) is 0 Å². The number of amides is 2. The van der Waals surface area contributed by atoms with Gasteiger partial charge >= 0.3 is 11.9 Å². The summed E-state index contributed by atoms with van der Waals surface area (Å²) in [6.07, 6.45) is 2.10.